The Bertz CT molecular complexity index is 691. The summed E-state index contributed by atoms with van der Waals surface area (Å²) in [5, 5.41) is 3.36. The highest BCUT2D eigenvalue weighted by Gasteiger charge is 2.15. The molecule has 0 bridgehead atoms. The third kappa shape index (κ3) is 4.20. The van der Waals surface area contributed by atoms with Gasteiger partial charge in [0.1, 0.15) is 12.4 Å². The summed E-state index contributed by atoms with van der Waals surface area (Å²) in [5.74, 6) is 0.534. The van der Waals surface area contributed by atoms with Gasteiger partial charge in [0.25, 0.3) is 5.56 Å². The van der Waals surface area contributed by atoms with Gasteiger partial charge in [-0.2, -0.15) is 0 Å². The Hall–Kier alpha value is -2.14. The number of pyridine rings is 1. The summed E-state index contributed by atoms with van der Waals surface area (Å²) in [5.41, 5.74) is 0.720. The molecule has 2 aromatic rings. The van der Waals surface area contributed by atoms with Crippen molar-refractivity contribution in [3.63, 3.8) is 0 Å². The van der Waals surface area contributed by atoms with E-state index in [1.165, 1.54) is 12.1 Å². The third-order valence-electron chi connectivity index (χ3n) is 4.15. The molecule has 1 saturated heterocycles. The predicted molar refractivity (Wildman–Crippen MR) is 87.0 cm³/mol. The van der Waals surface area contributed by atoms with Crippen molar-refractivity contribution < 1.29 is 9.13 Å². The first-order valence-corrected chi connectivity index (χ1v) is 8.00. The molecule has 1 aromatic carbocycles. The minimum atomic E-state index is -0.281. The maximum atomic E-state index is 12.9. The van der Waals surface area contributed by atoms with Gasteiger partial charge in [0, 0.05) is 12.7 Å². The summed E-state index contributed by atoms with van der Waals surface area (Å²) < 4.78 is 20.2. The Balaban J connectivity index is 1.66. The smallest absolute Gasteiger partial charge is 0.292 e. The molecule has 2 heterocycles. The first-order valence-electron chi connectivity index (χ1n) is 8.00. The molecule has 1 aliphatic rings. The van der Waals surface area contributed by atoms with Crippen LogP contribution in [-0.2, 0) is 13.2 Å². The van der Waals surface area contributed by atoms with Crippen molar-refractivity contribution in [2.45, 2.75) is 26.0 Å². The average Bonchev–Trinajstić information content (AvgIpc) is 2.58. The van der Waals surface area contributed by atoms with Gasteiger partial charge in [-0.15, -0.1) is 0 Å². The minimum Gasteiger partial charge on any atom is -0.483 e. The van der Waals surface area contributed by atoms with E-state index in [9.17, 15) is 9.18 Å². The number of ether oxygens (including phenoxy) is 1. The zero-order valence-electron chi connectivity index (χ0n) is 13.0. The van der Waals surface area contributed by atoms with Crippen LogP contribution < -0.4 is 15.6 Å². The zero-order chi connectivity index (χ0) is 16.1. The molecule has 0 amide bonds. The molecule has 1 atom stereocenters. The van der Waals surface area contributed by atoms with Crippen molar-refractivity contribution in [3.8, 4) is 5.75 Å². The fourth-order valence-corrected chi connectivity index (χ4v) is 2.87. The van der Waals surface area contributed by atoms with Gasteiger partial charge < -0.3 is 14.6 Å². The molecular formula is C18H21FN2O2. The Morgan fingerprint density at radius 1 is 1.26 bits per heavy atom. The predicted octanol–water partition coefficient (Wildman–Crippen LogP) is 2.57. The molecule has 3 rings (SSSR count). The second-order valence-corrected chi connectivity index (χ2v) is 5.96. The average molecular weight is 316 g/mol. The highest BCUT2D eigenvalue weighted by molar-refractivity contribution is 5.20. The van der Waals surface area contributed by atoms with E-state index < -0.39 is 0 Å². The van der Waals surface area contributed by atoms with Crippen molar-refractivity contribution in [2.24, 2.45) is 5.92 Å². The molecule has 1 aromatic heterocycles. The van der Waals surface area contributed by atoms with Gasteiger partial charge >= 0.3 is 0 Å². The second kappa shape index (κ2) is 7.42. The number of hydrogen-bond donors (Lipinski definition) is 1. The SMILES string of the molecule is O=c1c(OCc2ccc(F)cc2)cccn1CC1CCCNC1. The molecule has 4 nitrogen and oxygen atoms in total. The van der Waals surface area contributed by atoms with E-state index >= 15 is 0 Å². The monoisotopic (exact) mass is 316 g/mol. The second-order valence-electron chi connectivity index (χ2n) is 5.96. The van der Waals surface area contributed by atoms with Crippen LogP contribution in [0, 0.1) is 11.7 Å². The van der Waals surface area contributed by atoms with Crippen molar-refractivity contribution >= 4 is 0 Å². The highest BCUT2D eigenvalue weighted by Crippen LogP contribution is 2.13. The fraction of sp³-hybridized carbons (Fsp3) is 0.389. The van der Waals surface area contributed by atoms with Crippen LogP contribution in [0.2, 0.25) is 0 Å². The summed E-state index contributed by atoms with van der Waals surface area (Å²) >= 11 is 0. The molecule has 0 aliphatic carbocycles. The molecule has 1 aliphatic heterocycles. The van der Waals surface area contributed by atoms with Crippen LogP contribution >= 0.6 is 0 Å². The van der Waals surface area contributed by atoms with Gasteiger partial charge in [0.05, 0.1) is 0 Å². The third-order valence-corrected chi connectivity index (χ3v) is 4.15. The Labute approximate surface area is 134 Å². The Morgan fingerprint density at radius 3 is 2.83 bits per heavy atom. The van der Waals surface area contributed by atoms with Crippen molar-refractivity contribution in [1.29, 1.82) is 0 Å². The minimum absolute atomic E-state index is 0.111. The van der Waals surface area contributed by atoms with E-state index in [2.05, 4.69) is 5.32 Å². The first-order chi connectivity index (χ1) is 11.2. The number of rotatable bonds is 5. The van der Waals surface area contributed by atoms with Crippen LogP contribution in [0.1, 0.15) is 18.4 Å². The number of halogens is 1. The van der Waals surface area contributed by atoms with E-state index in [4.69, 9.17) is 4.74 Å². The topological polar surface area (TPSA) is 43.3 Å². The van der Waals surface area contributed by atoms with E-state index in [-0.39, 0.29) is 18.0 Å². The number of benzene rings is 1. The quantitative estimate of drug-likeness (QED) is 0.922. The first kappa shape index (κ1) is 15.7. The van der Waals surface area contributed by atoms with Crippen LogP contribution in [-0.4, -0.2) is 17.7 Å². The number of nitrogens with zero attached hydrogens (tertiary/aromatic N) is 1. The van der Waals surface area contributed by atoms with E-state index in [0.717, 1.165) is 31.5 Å². The summed E-state index contributed by atoms with van der Waals surface area (Å²) in [6.07, 6.45) is 4.10. The van der Waals surface area contributed by atoms with E-state index in [1.807, 2.05) is 12.3 Å². The summed E-state index contributed by atoms with van der Waals surface area (Å²) in [7, 11) is 0. The molecule has 0 spiro atoms. The molecule has 1 unspecified atom stereocenters. The van der Waals surface area contributed by atoms with Crippen LogP contribution in [0.4, 0.5) is 4.39 Å². The lowest BCUT2D eigenvalue weighted by atomic mass is 10.00. The van der Waals surface area contributed by atoms with Crippen LogP contribution in [0.25, 0.3) is 0 Å². The molecular weight excluding hydrogens is 295 g/mol. The molecule has 1 fully saturated rings. The van der Waals surface area contributed by atoms with E-state index in [0.29, 0.717) is 18.2 Å². The molecule has 122 valence electrons. The maximum Gasteiger partial charge on any atom is 0.292 e. The van der Waals surface area contributed by atoms with Gasteiger partial charge in [0.2, 0.25) is 0 Å². The Kier molecular flexibility index (Phi) is 5.08. The standard InChI is InChI=1S/C18H21FN2O2/c19-16-7-5-14(6-8-16)13-23-17-4-2-10-21(18(17)22)12-15-3-1-9-20-11-15/h2,4-8,10,15,20H,1,3,9,11-13H2. The largest absolute Gasteiger partial charge is 0.483 e. The van der Waals surface area contributed by atoms with Crippen LogP contribution in [0.15, 0.2) is 47.4 Å². The van der Waals surface area contributed by atoms with Crippen LogP contribution in [0.3, 0.4) is 0 Å². The lowest BCUT2D eigenvalue weighted by molar-refractivity contribution is 0.292. The summed E-state index contributed by atoms with van der Waals surface area (Å²) in [6.45, 7) is 2.98. The van der Waals surface area contributed by atoms with Crippen molar-refractivity contribution in [2.75, 3.05) is 13.1 Å². The van der Waals surface area contributed by atoms with Gasteiger partial charge in [-0.25, -0.2) is 4.39 Å². The number of aromatic nitrogens is 1. The van der Waals surface area contributed by atoms with Gasteiger partial charge in [-0.05, 0) is 61.7 Å². The summed E-state index contributed by atoms with van der Waals surface area (Å²) in [4.78, 5) is 12.5. The Morgan fingerprint density at radius 2 is 2.09 bits per heavy atom. The normalized spacial score (nSPS) is 17.9. The maximum absolute atomic E-state index is 12.9. The van der Waals surface area contributed by atoms with Crippen molar-refractivity contribution in [3.05, 3.63) is 64.3 Å². The van der Waals surface area contributed by atoms with Gasteiger partial charge in [-0.3, -0.25) is 4.79 Å². The number of piperidine rings is 1. The number of hydrogen-bond acceptors (Lipinski definition) is 3. The number of nitrogens with one attached hydrogen (secondary N) is 1. The molecule has 1 N–H and O–H groups in total. The lowest BCUT2D eigenvalue weighted by Crippen LogP contribution is -2.34. The lowest BCUT2D eigenvalue weighted by Gasteiger charge is -2.23. The van der Waals surface area contributed by atoms with Gasteiger partial charge in [-0.1, -0.05) is 12.1 Å². The molecule has 23 heavy (non-hydrogen) atoms. The molecule has 5 heteroatoms. The van der Waals surface area contributed by atoms with Gasteiger partial charge in [0.15, 0.2) is 5.75 Å². The molecule has 0 radical (unpaired) electrons. The van der Waals surface area contributed by atoms with Crippen LogP contribution in [0.5, 0.6) is 5.75 Å². The highest BCUT2D eigenvalue weighted by atomic mass is 19.1. The van der Waals surface area contributed by atoms with E-state index in [1.54, 1.807) is 22.8 Å². The van der Waals surface area contributed by atoms with Crippen molar-refractivity contribution in [1.82, 2.24) is 9.88 Å². The summed E-state index contributed by atoms with van der Waals surface area (Å²) in [6, 6.07) is 9.60. The molecule has 0 saturated carbocycles. The zero-order valence-corrected chi connectivity index (χ0v) is 13.0. The fourth-order valence-electron chi connectivity index (χ4n) is 2.87.